The summed E-state index contributed by atoms with van der Waals surface area (Å²) in [7, 11) is 0. The molecule has 0 radical (unpaired) electrons. The van der Waals surface area contributed by atoms with Crippen LogP contribution in [0.1, 0.15) is 32.1 Å². The van der Waals surface area contributed by atoms with Crippen LogP contribution >= 0.6 is 0 Å². The molecule has 2 N–H and O–H groups in total. The van der Waals surface area contributed by atoms with Crippen LogP contribution in [0.4, 0.5) is 5.82 Å². The third kappa shape index (κ3) is 1.57. The van der Waals surface area contributed by atoms with Crippen molar-refractivity contribution in [3.63, 3.8) is 0 Å². The molecule has 3 nitrogen and oxygen atoms in total. The molecule has 0 saturated heterocycles. The monoisotopic (exact) mass is 243 g/mol. The average Bonchev–Trinajstić information content (AvgIpc) is 2.38. The summed E-state index contributed by atoms with van der Waals surface area (Å²) in [6.45, 7) is 0. The molecule has 96 valence electrons. The first-order valence-corrected chi connectivity index (χ1v) is 7.26. The Labute approximate surface area is 108 Å². The van der Waals surface area contributed by atoms with Crippen LogP contribution in [-0.2, 0) is 0 Å². The topological polar surface area (TPSA) is 42.1 Å². The Balaban J connectivity index is 1.61. The summed E-state index contributed by atoms with van der Waals surface area (Å²) in [5.41, 5.74) is 0. The van der Waals surface area contributed by atoms with Crippen molar-refractivity contribution < 1.29 is 0 Å². The van der Waals surface area contributed by atoms with Crippen LogP contribution < -0.4 is 10.9 Å². The van der Waals surface area contributed by atoms with E-state index in [4.69, 9.17) is 5.84 Å². The summed E-state index contributed by atoms with van der Waals surface area (Å²) in [4.78, 5) is 4.41. The van der Waals surface area contributed by atoms with Crippen molar-refractivity contribution in [1.82, 2.24) is 4.98 Å². The predicted molar refractivity (Wildman–Crippen MR) is 71.7 cm³/mol. The summed E-state index contributed by atoms with van der Waals surface area (Å²) in [5.74, 6) is 11.0. The Morgan fingerprint density at radius 3 is 2.22 bits per heavy atom. The molecule has 1 aromatic rings. The minimum absolute atomic E-state index is 0.535. The fraction of sp³-hybridized carbons (Fsp3) is 0.667. The molecule has 0 spiro atoms. The molecule has 4 bridgehead atoms. The Morgan fingerprint density at radius 1 is 1.00 bits per heavy atom. The Kier molecular flexibility index (Phi) is 2.37. The maximum Gasteiger partial charge on any atom is 0.142 e. The highest BCUT2D eigenvalue weighted by Gasteiger charge is 2.50. The lowest BCUT2D eigenvalue weighted by molar-refractivity contribution is -0.00314. The highest BCUT2D eigenvalue weighted by molar-refractivity contribution is 5.38. The second-order valence-electron chi connectivity index (χ2n) is 6.52. The van der Waals surface area contributed by atoms with Gasteiger partial charge in [-0.15, -0.1) is 0 Å². The van der Waals surface area contributed by atoms with Crippen LogP contribution in [0.5, 0.6) is 0 Å². The van der Waals surface area contributed by atoms with Gasteiger partial charge in [-0.2, -0.15) is 0 Å². The van der Waals surface area contributed by atoms with Crippen molar-refractivity contribution >= 4 is 5.82 Å². The SMILES string of the molecule is NN(c1ccccn1)C1C2CC3CC(C2)CC1C3. The smallest absolute Gasteiger partial charge is 0.142 e. The van der Waals surface area contributed by atoms with Gasteiger partial charge in [0.1, 0.15) is 5.82 Å². The quantitative estimate of drug-likeness (QED) is 0.641. The summed E-state index contributed by atoms with van der Waals surface area (Å²) >= 11 is 0. The van der Waals surface area contributed by atoms with Crippen molar-refractivity contribution in [2.45, 2.75) is 38.1 Å². The van der Waals surface area contributed by atoms with E-state index in [1.807, 2.05) is 29.4 Å². The molecule has 0 aromatic carbocycles. The molecule has 5 rings (SSSR count). The number of aromatic nitrogens is 1. The zero-order valence-electron chi connectivity index (χ0n) is 10.7. The molecule has 4 aliphatic rings. The van der Waals surface area contributed by atoms with Gasteiger partial charge in [-0.25, -0.2) is 10.8 Å². The molecule has 4 fully saturated rings. The summed E-state index contributed by atoms with van der Waals surface area (Å²) in [6, 6.07) is 6.55. The second-order valence-corrected chi connectivity index (χ2v) is 6.52. The van der Waals surface area contributed by atoms with Gasteiger partial charge >= 0.3 is 0 Å². The average molecular weight is 243 g/mol. The first kappa shape index (κ1) is 10.8. The highest BCUT2D eigenvalue weighted by atomic mass is 15.4. The Morgan fingerprint density at radius 2 is 1.67 bits per heavy atom. The molecule has 0 atom stereocenters. The number of hydrogen-bond acceptors (Lipinski definition) is 3. The number of hydrogen-bond donors (Lipinski definition) is 1. The third-order valence-electron chi connectivity index (χ3n) is 5.41. The van der Waals surface area contributed by atoms with Gasteiger partial charge in [0.2, 0.25) is 0 Å². The van der Waals surface area contributed by atoms with Gasteiger partial charge in [0.15, 0.2) is 0 Å². The summed E-state index contributed by atoms with van der Waals surface area (Å²) < 4.78 is 0. The molecule has 1 aromatic heterocycles. The van der Waals surface area contributed by atoms with E-state index in [9.17, 15) is 0 Å². The van der Waals surface area contributed by atoms with Crippen LogP contribution in [0.3, 0.4) is 0 Å². The molecule has 0 amide bonds. The molecule has 3 heteroatoms. The van der Waals surface area contributed by atoms with Gasteiger partial charge in [-0.3, -0.25) is 5.01 Å². The van der Waals surface area contributed by atoms with E-state index < -0.39 is 0 Å². The second kappa shape index (κ2) is 3.95. The largest absolute Gasteiger partial charge is 0.291 e. The fourth-order valence-corrected chi connectivity index (χ4v) is 5.01. The zero-order valence-corrected chi connectivity index (χ0v) is 10.7. The van der Waals surface area contributed by atoms with E-state index in [-0.39, 0.29) is 0 Å². The lowest BCUT2D eigenvalue weighted by atomic mass is 9.54. The summed E-state index contributed by atoms with van der Waals surface area (Å²) in [6.07, 6.45) is 8.94. The normalized spacial score (nSPS) is 41.1. The van der Waals surface area contributed by atoms with Crippen LogP contribution in [0.25, 0.3) is 0 Å². The molecule has 18 heavy (non-hydrogen) atoms. The Hall–Kier alpha value is -1.09. The Bertz CT molecular complexity index is 403. The number of anilines is 1. The van der Waals surface area contributed by atoms with E-state index in [1.165, 1.54) is 32.1 Å². The number of nitrogens with zero attached hydrogens (tertiary/aromatic N) is 2. The lowest BCUT2D eigenvalue weighted by Crippen LogP contribution is -2.58. The standard InChI is InChI=1S/C15H21N3/c16-18(14-3-1-2-4-17-14)15-12-6-10-5-11(8-12)9-13(15)7-10/h1-4,10-13,15H,5-9,16H2. The van der Waals surface area contributed by atoms with Crippen molar-refractivity contribution in [3.8, 4) is 0 Å². The van der Waals surface area contributed by atoms with Gasteiger partial charge in [0.05, 0.1) is 6.04 Å². The lowest BCUT2D eigenvalue weighted by Gasteiger charge is -2.56. The number of rotatable bonds is 2. The van der Waals surface area contributed by atoms with Crippen LogP contribution in [0.2, 0.25) is 0 Å². The highest BCUT2D eigenvalue weighted by Crippen LogP contribution is 2.54. The number of pyridine rings is 1. The van der Waals surface area contributed by atoms with Gasteiger partial charge < -0.3 is 0 Å². The maximum absolute atomic E-state index is 6.39. The van der Waals surface area contributed by atoms with Gasteiger partial charge in [0, 0.05) is 6.20 Å². The first-order chi connectivity index (χ1) is 8.81. The minimum atomic E-state index is 0.535. The fourth-order valence-electron chi connectivity index (χ4n) is 5.01. The number of nitrogens with two attached hydrogens (primary N) is 1. The maximum atomic E-state index is 6.39. The summed E-state index contributed by atoms with van der Waals surface area (Å²) in [5, 5.41) is 1.98. The molecule has 0 aliphatic heterocycles. The van der Waals surface area contributed by atoms with E-state index in [1.54, 1.807) is 0 Å². The van der Waals surface area contributed by atoms with Gasteiger partial charge in [-0.1, -0.05) is 6.07 Å². The molecular formula is C15H21N3. The molecule has 4 aliphatic carbocycles. The van der Waals surface area contributed by atoms with Gasteiger partial charge in [0.25, 0.3) is 0 Å². The van der Waals surface area contributed by atoms with E-state index in [0.29, 0.717) is 6.04 Å². The molecule has 0 unspecified atom stereocenters. The van der Waals surface area contributed by atoms with Crippen LogP contribution in [-0.4, -0.2) is 11.0 Å². The van der Waals surface area contributed by atoms with E-state index in [0.717, 1.165) is 29.5 Å². The predicted octanol–water partition coefficient (Wildman–Crippen LogP) is 2.59. The zero-order chi connectivity index (χ0) is 12.1. The van der Waals surface area contributed by atoms with Crippen LogP contribution in [0.15, 0.2) is 24.4 Å². The van der Waals surface area contributed by atoms with E-state index >= 15 is 0 Å². The third-order valence-corrected chi connectivity index (χ3v) is 5.41. The molecular weight excluding hydrogens is 222 g/mol. The molecule has 4 saturated carbocycles. The van der Waals surface area contributed by atoms with Gasteiger partial charge in [-0.05, 0) is 67.9 Å². The van der Waals surface area contributed by atoms with E-state index in [2.05, 4.69) is 4.98 Å². The van der Waals surface area contributed by atoms with Crippen LogP contribution in [0, 0.1) is 23.7 Å². The van der Waals surface area contributed by atoms with Crippen molar-refractivity contribution in [3.05, 3.63) is 24.4 Å². The first-order valence-electron chi connectivity index (χ1n) is 7.26. The molecule has 1 heterocycles. The van der Waals surface area contributed by atoms with Crippen molar-refractivity contribution in [1.29, 1.82) is 0 Å². The van der Waals surface area contributed by atoms with Crippen molar-refractivity contribution in [2.75, 3.05) is 5.01 Å². The van der Waals surface area contributed by atoms with Crippen molar-refractivity contribution in [2.24, 2.45) is 29.5 Å². The number of hydrazine groups is 1. The minimum Gasteiger partial charge on any atom is -0.291 e.